The van der Waals surface area contributed by atoms with Crippen LogP contribution in [0.25, 0.3) is 0 Å². The Morgan fingerprint density at radius 3 is 2.60 bits per heavy atom. The van der Waals surface area contributed by atoms with Crippen molar-refractivity contribution in [3.8, 4) is 0 Å². The fourth-order valence-electron chi connectivity index (χ4n) is 3.46. The van der Waals surface area contributed by atoms with E-state index < -0.39 is 0 Å². The maximum atomic E-state index is 4.45. The average molecular weight is 274 g/mol. The lowest BCUT2D eigenvalue weighted by atomic mass is 10.0. The lowest BCUT2D eigenvalue weighted by molar-refractivity contribution is 0.319. The van der Waals surface area contributed by atoms with Crippen LogP contribution >= 0.6 is 0 Å². The molecule has 0 amide bonds. The van der Waals surface area contributed by atoms with Gasteiger partial charge in [-0.2, -0.15) is 0 Å². The van der Waals surface area contributed by atoms with Gasteiger partial charge in [-0.15, -0.1) is 0 Å². The zero-order chi connectivity index (χ0) is 13.9. The Balaban J connectivity index is 1.47. The van der Waals surface area contributed by atoms with E-state index in [0.717, 1.165) is 24.9 Å². The van der Waals surface area contributed by atoms with E-state index in [1.54, 1.807) is 0 Å². The lowest BCUT2D eigenvalue weighted by Gasteiger charge is -2.34. The van der Waals surface area contributed by atoms with E-state index in [0.29, 0.717) is 12.1 Å². The Kier molecular flexibility index (Phi) is 4.22. The van der Waals surface area contributed by atoms with Crippen LogP contribution in [-0.4, -0.2) is 54.7 Å². The van der Waals surface area contributed by atoms with Crippen molar-refractivity contribution in [2.45, 2.75) is 44.3 Å². The van der Waals surface area contributed by atoms with Crippen LogP contribution in [0.4, 0.5) is 5.82 Å². The number of anilines is 1. The second-order valence-electron chi connectivity index (χ2n) is 6.34. The van der Waals surface area contributed by atoms with E-state index in [9.17, 15) is 0 Å². The van der Waals surface area contributed by atoms with E-state index in [-0.39, 0.29) is 0 Å². The molecule has 110 valence electrons. The number of aromatic nitrogens is 1. The number of nitrogens with one attached hydrogen (secondary N) is 1. The molecule has 1 aromatic heterocycles. The molecule has 2 fully saturated rings. The third-order valence-corrected chi connectivity index (χ3v) is 4.83. The number of hydrogen-bond acceptors (Lipinski definition) is 4. The molecule has 2 unspecified atom stereocenters. The van der Waals surface area contributed by atoms with Crippen LogP contribution in [0.3, 0.4) is 0 Å². The highest BCUT2D eigenvalue weighted by Crippen LogP contribution is 2.20. The number of likely N-dealkylation sites (tertiary alicyclic amines) is 1. The molecule has 0 bridgehead atoms. The van der Waals surface area contributed by atoms with E-state index in [2.05, 4.69) is 46.2 Å². The van der Waals surface area contributed by atoms with Crippen molar-refractivity contribution in [1.82, 2.24) is 15.2 Å². The van der Waals surface area contributed by atoms with Gasteiger partial charge in [-0.3, -0.25) is 0 Å². The van der Waals surface area contributed by atoms with Crippen molar-refractivity contribution in [2.24, 2.45) is 0 Å². The molecule has 2 aliphatic rings. The summed E-state index contributed by atoms with van der Waals surface area (Å²) in [5.41, 5.74) is 0. The van der Waals surface area contributed by atoms with E-state index in [1.807, 2.05) is 12.3 Å². The van der Waals surface area contributed by atoms with Crippen LogP contribution in [0.2, 0.25) is 0 Å². The molecule has 0 radical (unpaired) electrons. The molecule has 4 heteroatoms. The standard InChI is InChI=1S/C16H26N4/c1-13-11-15(12-19(13)2)18-14-6-9-20(10-7-14)16-5-3-4-8-17-16/h3-5,8,13-15,18H,6-7,9-12H2,1-2H3. The maximum Gasteiger partial charge on any atom is 0.128 e. The molecule has 2 aliphatic heterocycles. The fourth-order valence-corrected chi connectivity index (χ4v) is 3.46. The quantitative estimate of drug-likeness (QED) is 0.909. The third kappa shape index (κ3) is 3.13. The Morgan fingerprint density at radius 2 is 2.00 bits per heavy atom. The first kappa shape index (κ1) is 13.8. The number of rotatable bonds is 3. The summed E-state index contributed by atoms with van der Waals surface area (Å²) in [6.45, 7) is 5.76. The number of likely N-dealkylation sites (N-methyl/N-ethyl adjacent to an activating group) is 1. The molecule has 2 saturated heterocycles. The van der Waals surface area contributed by atoms with Gasteiger partial charge in [0.1, 0.15) is 5.82 Å². The topological polar surface area (TPSA) is 31.4 Å². The molecule has 0 saturated carbocycles. The van der Waals surface area contributed by atoms with Crippen molar-refractivity contribution in [1.29, 1.82) is 0 Å². The number of hydrogen-bond donors (Lipinski definition) is 1. The molecule has 2 atom stereocenters. The Labute approximate surface area is 122 Å². The Hall–Kier alpha value is -1.13. The summed E-state index contributed by atoms with van der Waals surface area (Å²) in [4.78, 5) is 9.31. The molecule has 4 nitrogen and oxygen atoms in total. The zero-order valence-electron chi connectivity index (χ0n) is 12.6. The van der Waals surface area contributed by atoms with Crippen molar-refractivity contribution < 1.29 is 0 Å². The second kappa shape index (κ2) is 6.10. The van der Waals surface area contributed by atoms with E-state index in [1.165, 1.54) is 25.8 Å². The van der Waals surface area contributed by atoms with Crippen molar-refractivity contribution in [2.75, 3.05) is 31.6 Å². The highest BCUT2D eigenvalue weighted by Gasteiger charge is 2.29. The van der Waals surface area contributed by atoms with E-state index in [4.69, 9.17) is 0 Å². The van der Waals surface area contributed by atoms with Crippen LogP contribution in [0.15, 0.2) is 24.4 Å². The van der Waals surface area contributed by atoms with Crippen molar-refractivity contribution >= 4 is 5.82 Å². The van der Waals surface area contributed by atoms with Gasteiger partial charge in [0.25, 0.3) is 0 Å². The smallest absolute Gasteiger partial charge is 0.128 e. The minimum atomic E-state index is 0.679. The van der Waals surface area contributed by atoms with Gasteiger partial charge in [-0.1, -0.05) is 6.07 Å². The van der Waals surface area contributed by atoms with Gasteiger partial charge < -0.3 is 15.1 Å². The summed E-state index contributed by atoms with van der Waals surface area (Å²) in [7, 11) is 2.23. The first-order chi connectivity index (χ1) is 9.72. The largest absolute Gasteiger partial charge is 0.357 e. The Morgan fingerprint density at radius 1 is 1.20 bits per heavy atom. The SMILES string of the molecule is CC1CC(NC2CCN(c3ccccn3)CC2)CN1C. The van der Waals surface area contributed by atoms with Crippen LogP contribution < -0.4 is 10.2 Å². The maximum absolute atomic E-state index is 4.45. The van der Waals surface area contributed by atoms with Gasteiger partial charge in [0, 0.05) is 44.0 Å². The van der Waals surface area contributed by atoms with Gasteiger partial charge >= 0.3 is 0 Å². The molecule has 0 aliphatic carbocycles. The molecular weight excluding hydrogens is 248 g/mol. The first-order valence-electron chi connectivity index (χ1n) is 7.84. The Bertz CT molecular complexity index is 404. The summed E-state index contributed by atoms with van der Waals surface area (Å²) >= 11 is 0. The summed E-state index contributed by atoms with van der Waals surface area (Å²) in [5.74, 6) is 1.13. The van der Waals surface area contributed by atoms with Crippen LogP contribution in [0.5, 0.6) is 0 Å². The molecule has 1 N–H and O–H groups in total. The van der Waals surface area contributed by atoms with E-state index >= 15 is 0 Å². The summed E-state index contributed by atoms with van der Waals surface area (Å²) in [6, 6.07) is 8.25. The average Bonchev–Trinajstić information content (AvgIpc) is 2.79. The zero-order valence-corrected chi connectivity index (χ0v) is 12.6. The summed E-state index contributed by atoms with van der Waals surface area (Å²) in [6.07, 6.45) is 5.63. The predicted molar refractivity (Wildman–Crippen MR) is 83.1 cm³/mol. The fraction of sp³-hybridized carbons (Fsp3) is 0.688. The van der Waals surface area contributed by atoms with Gasteiger partial charge in [-0.25, -0.2) is 4.98 Å². The normalized spacial score (nSPS) is 29.0. The van der Waals surface area contributed by atoms with Crippen molar-refractivity contribution in [3.63, 3.8) is 0 Å². The highest BCUT2D eigenvalue weighted by molar-refractivity contribution is 5.38. The minimum Gasteiger partial charge on any atom is -0.357 e. The second-order valence-corrected chi connectivity index (χ2v) is 6.34. The van der Waals surface area contributed by atoms with Gasteiger partial charge in [0.2, 0.25) is 0 Å². The van der Waals surface area contributed by atoms with Crippen molar-refractivity contribution in [3.05, 3.63) is 24.4 Å². The van der Waals surface area contributed by atoms with Crippen LogP contribution in [-0.2, 0) is 0 Å². The van der Waals surface area contributed by atoms with Crippen LogP contribution in [0.1, 0.15) is 26.2 Å². The van der Waals surface area contributed by atoms with Gasteiger partial charge in [-0.05, 0) is 45.4 Å². The molecule has 3 heterocycles. The lowest BCUT2D eigenvalue weighted by Crippen LogP contribution is -2.47. The minimum absolute atomic E-state index is 0.679. The molecule has 3 rings (SSSR count). The molecule has 20 heavy (non-hydrogen) atoms. The summed E-state index contributed by atoms with van der Waals surface area (Å²) in [5, 5.41) is 3.86. The van der Waals surface area contributed by atoms with Gasteiger partial charge in [0.15, 0.2) is 0 Å². The van der Waals surface area contributed by atoms with Gasteiger partial charge in [0.05, 0.1) is 0 Å². The molecule has 0 spiro atoms. The predicted octanol–water partition coefficient (Wildman–Crippen LogP) is 1.73. The highest BCUT2D eigenvalue weighted by atomic mass is 15.2. The molecular formula is C16H26N4. The summed E-state index contributed by atoms with van der Waals surface area (Å²) < 4.78 is 0. The molecule has 1 aromatic rings. The number of piperidine rings is 1. The first-order valence-corrected chi connectivity index (χ1v) is 7.84. The molecule has 0 aromatic carbocycles. The number of pyridine rings is 1. The van der Waals surface area contributed by atoms with Crippen LogP contribution in [0, 0.1) is 0 Å². The number of nitrogens with zero attached hydrogens (tertiary/aromatic N) is 3. The monoisotopic (exact) mass is 274 g/mol. The third-order valence-electron chi connectivity index (χ3n) is 4.83.